The van der Waals surface area contributed by atoms with Crippen molar-refractivity contribution >= 4 is 9.84 Å². The molecule has 0 saturated heterocycles. The number of sulfone groups is 1. The van der Waals surface area contributed by atoms with Gasteiger partial charge in [0.15, 0.2) is 0 Å². The predicted octanol–water partition coefficient (Wildman–Crippen LogP) is 2.39. The first-order valence-electron chi connectivity index (χ1n) is 6.54. The minimum absolute atomic E-state index is 0.260. The van der Waals surface area contributed by atoms with Crippen LogP contribution >= 0.6 is 0 Å². The lowest BCUT2D eigenvalue weighted by Crippen LogP contribution is -2.20. The van der Waals surface area contributed by atoms with Crippen molar-refractivity contribution in [1.29, 1.82) is 0 Å². The van der Waals surface area contributed by atoms with E-state index < -0.39 is 9.84 Å². The molecule has 0 fully saturated rings. The molecule has 0 rings (SSSR count). The van der Waals surface area contributed by atoms with Crippen LogP contribution in [-0.2, 0) is 9.84 Å². The molecule has 0 spiro atoms. The van der Waals surface area contributed by atoms with Gasteiger partial charge in [-0.15, -0.1) is 0 Å². The van der Waals surface area contributed by atoms with Gasteiger partial charge in [0.2, 0.25) is 0 Å². The van der Waals surface area contributed by atoms with Crippen molar-refractivity contribution in [3.63, 3.8) is 0 Å². The highest BCUT2D eigenvalue weighted by molar-refractivity contribution is 7.91. The van der Waals surface area contributed by atoms with Crippen LogP contribution in [-0.4, -0.2) is 33.0 Å². The highest BCUT2D eigenvalue weighted by Gasteiger charge is 2.04. The Hall–Kier alpha value is -0.350. The molecule has 0 aromatic heterocycles. The van der Waals surface area contributed by atoms with E-state index in [-0.39, 0.29) is 5.75 Å². The zero-order chi connectivity index (χ0) is 13.1. The Kier molecular flexibility index (Phi) is 9.46. The fraction of sp³-hybridized carbons (Fsp3) is 0.846. The Morgan fingerprint density at radius 2 is 1.82 bits per heavy atom. The second-order valence-electron chi connectivity index (χ2n) is 4.74. The van der Waals surface area contributed by atoms with Crippen LogP contribution in [0, 0.1) is 5.92 Å². The van der Waals surface area contributed by atoms with E-state index in [1.54, 1.807) is 6.92 Å². The molecule has 3 nitrogen and oxygen atoms in total. The molecule has 0 saturated carbocycles. The molecule has 0 atom stereocenters. The summed E-state index contributed by atoms with van der Waals surface area (Å²) in [5.74, 6) is 1.27. The standard InChI is InChI=1S/C13H27NO2S/c1-4-17(15,16)11-9-7-5-6-8-10-14-12-13(2)3/h5-6,13-14H,4,7-12H2,1-3H3. The van der Waals surface area contributed by atoms with E-state index in [9.17, 15) is 8.42 Å². The average molecular weight is 261 g/mol. The SMILES string of the molecule is CCS(=O)(=O)CCCC=CCCNCC(C)C. The van der Waals surface area contributed by atoms with Crippen LogP contribution < -0.4 is 5.32 Å². The molecule has 0 aromatic carbocycles. The molecular weight excluding hydrogens is 234 g/mol. The van der Waals surface area contributed by atoms with Gasteiger partial charge < -0.3 is 5.32 Å². The molecule has 0 aliphatic rings. The first kappa shape index (κ1) is 16.6. The molecule has 0 radical (unpaired) electrons. The summed E-state index contributed by atoms with van der Waals surface area (Å²) in [7, 11) is -2.78. The molecule has 1 N–H and O–H groups in total. The van der Waals surface area contributed by atoms with Gasteiger partial charge in [-0.1, -0.05) is 32.9 Å². The Balaban J connectivity index is 3.38. The summed E-state index contributed by atoms with van der Waals surface area (Å²) in [4.78, 5) is 0. The van der Waals surface area contributed by atoms with Crippen LogP contribution in [0.3, 0.4) is 0 Å². The van der Waals surface area contributed by atoms with E-state index in [4.69, 9.17) is 0 Å². The van der Waals surface area contributed by atoms with Crippen molar-refractivity contribution in [3.05, 3.63) is 12.2 Å². The Labute approximate surface area is 107 Å². The monoisotopic (exact) mass is 261 g/mol. The highest BCUT2D eigenvalue weighted by Crippen LogP contribution is 1.99. The van der Waals surface area contributed by atoms with Gasteiger partial charge in [0.25, 0.3) is 0 Å². The molecule has 0 unspecified atom stereocenters. The summed E-state index contributed by atoms with van der Waals surface area (Å²) in [6.45, 7) is 8.14. The van der Waals surface area contributed by atoms with E-state index in [2.05, 4.69) is 31.3 Å². The first-order chi connectivity index (χ1) is 7.98. The Bertz CT molecular complexity index is 295. The van der Waals surface area contributed by atoms with Crippen LogP contribution in [0.15, 0.2) is 12.2 Å². The molecule has 0 heterocycles. The zero-order valence-electron chi connectivity index (χ0n) is 11.4. The van der Waals surface area contributed by atoms with Gasteiger partial charge in [0, 0.05) is 5.75 Å². The quantitative estimate of drug-likeness (QED) is 0.485. The van der Waals surface area contributed by atoms with Crippen molar-refractivity contribution in [2.45, 2.75) is 40.0 Å². The maximum atomic E-state index is 11.2. The van der Waals surface area contributed by atoms with Crippen LogP contribution in [0.25, 0.3) is 0 Å². The number of hydrogen-bond acceptors (Lipinski definition) is 3. The van der Waals surface area contributed by atoms with Crippen molar-refractivity contribution in [1.82, 2.24) is 5.32 Å². The smallest absolute Gasteiger partial charge is 0.150 e. The number of allylic oxidation sites excluding steroid dienone is 1. The van der Waals surface area contributed by atoms with Crippen molar-refractivity contribution in [2.24, 2.45) is 5.92 Å². The van der Waals surface area contributed by atoms with Crippen molar-refractivity contribution in [2.75, 3.05) is 24.6 Å². The summed E-state index contributed by atoms with van der Waals surface area (Å²) in [5, 5.41) is 3.36. The summed E-state index contributed by atoms with van der Waals surface area (Å²) in [5.41, 5.74) is 0. The molecule has 4 heteroatoms. The Morgan fingerprint density at radius 1 is 1.18 bits per heavy atom. The normalized spacial score (nSPS) is 12.7. The Morgan fingerprint density at radius 3 is 2.41 bits per heavy atom. The highest BCUT2D eigenvalue weighted by atomic mass is 32.2. The first-order valence-corrected chi connectivity index (χ1v) is 8.36. The van der Waals surface area contributed by atoms with E-state index in [1.807, 2.05) is 0 Å². The van der Waals surface area contributed by atoms with Crippen LogP contribution in [0.5, 0.6) is 0 Å². The zero-order valence-corrected chi connectivity index (χ0v) is 12.2. The van der Waals surface area contributed by atoms with Gasteiger partial charge in [0.1, 0.15) is 9.84 Å². The average Bonchev–Trinajstić information content (AvgIpc) is 2.26. The second kappa shape index (κ2) is 9.66. The second-order valence-corrected chi connectivity index (χ2v) is 7.21. The number of nitrogens with one attached hydrogen (secondary N) is 1. The predicted molar refractivity (Wildman–Crippen MR) is 75.0 cm³/mol. The van der Waals surface area contributed by atoms with Crippen LogP contribution in [0.4, 0.5) is 0 Å². The summed E-state index contributed by atoms with van der Waals surface area (Å²) >= 11 is 0. The van der Waals surface area contributed by atoms with Gasteiger partial charge in [-0.2, -0.15) is 0 Å². The van der Waals surface area contributed by atoms with Crippen molar-refractivity contribution < 1.29 is 8.42 Å². The van der Waals surface area contributed by atoms with Crippen LogP contribution in [0.2, 0.25) is 0 Å². The molecule has 0 amide bonds. The minimum Gasteiger partial charge on any atom is -0.316 e. The third kappa shape index (κ3) is 11.9. The third-order valence-electron chi connectivity index (χ3n) is 2.47. The van der Waals surface area contributed by atoms with E-state index in [1.165, 1.54) is 0 Å². The van der Waals surface area contributed by atoms with E-state index >= 15 is 0 Å². The summed E-state index contributed by atoms with van der Waals surface area (Å²) in [6.07, 6.45) is 6.84. The fourth-order valence-corrected chi connectivity index (χ4v) is 2.27. The van der Waals surface area contributed by atoms with E-state index in [0.29, 0.717) is 11.7 Å². The molecule has 0 aromatic rings. The molecule has 0 bridgehead atoms. The third-order valence-corrected chi connectivity index (χ3v) is 4.26. The molecular formula is C13H27NO2S. The summed E-state index contributed by atoms with van der Waals surface area (Å²) < 4.78 is 22.4. The van der Waals surface area contributed by atoms with Gasteiger partial charge in [-0.25, -0.2) is 8.42 Å². The summed E-state index contributed by atoms with van der Waals surface area (Å²) in [6, 6.07) is 0. The molecule has 0 aliphatic heterocycles. The maximum Gasteiger partial charge on any atom is 0.150 e. The molecule has 17 heavy (non-hydrogen) atoms. The fourth-order valence-electron chi connectivity index (χ4n) is 1.38. The molecule has 102 valence electrons. The minimum atomic E-state index is -2.78. The van der Waals surface area contributed by atoms with Gasteiger partial charge in [0.05, 0.1) is 5.75 Å². The largest absolute Gasteiger partial charge is 0.316 e. The molecule has 0 aliphatic carbocycles. The van der Waals surface area contributed by atoms with Gasteiger partial charge >= 0.3 is 0 Å². The lowest BCUT2D eigenvalue weighted by molar-refractivity contribution is 0.556. The number of unbranched alkanes of at least 4 members (excludes halogenated alkanes) is 1. The van der Waals surface area contributed by atoms with Gasteiger partial charge in [-0.3, -0.25) is 0 Å². The maximum absolute atomic E-state index is 11.2. The number of hydrogen-bond donors (Lipinski definition) is 1. The number of rotatable bonds is 10. The van der Waals surface area contributed by atoms with E-state index in [0.717, 1.165) is 32.4 Å². The topological polar surface area (TPSA) is 46.2 Å². The van der Waals surface area contributed by atoms with Crippen molar-refractivity contribution in [3.8, 4) is 0 Å². The lowest BCUT2D eigenvalue weighted by Gasteiger charge is -2.04. The van der Waals surface area contributed by atoms with Crippen LogP contribution in [0.1, 0.15) is 40.0 Å². The lowest BCUT2D eigenvalue weighted by atomic mass is 10.2. The van der Waals surface area contributed by atoms with Gasteiger partial charge in [-0.05, 0) is 38.3 Å².